The van der Waals surface area contributed by atoms with Crippen molar-refractivity contribution in [1.29, 1.82) is 0 Å². The summed E-state index contributed by atoms with van der Waals surface area (Å²) in [6, 6.07) is 0. The Bertz CT molecular complexity index is 147. The highest BCUT2D eigenvalue weighted by Gasteiger charge is 2.13. The van der Waals surface area contributed by atoms with Crippen molar-refractivity contribution in [3.63, 3.8) is 0 Å². The van der Waals surface area contributed by atoms with Crippen molar-refractivity contribution in [3.8, 4) is 0 Å². The third-order valence-electron chi connectivity index (χ3n) is 2.39. The highest BCUT2D eigenvalue weighted by molar-refractivity contribution is 5.13. The summed E-state index contributed by atoms with van der Waals surface area (Å²) >= 11 is 0. The number of allylic oxidation sites excluding steroid dienone is 2. The first-order valence-electron chi connectivity index (χ1n) is 4.15. The molecule has 1 aliphatic heterocycles. The number of hydrogen-bond acceptors (Lipinski definition) is 1. The maximum atomic E-state index is 2.39. The molecule has 0 spiro atoms. The Kier molecular flexibility index (Phi) is 2.36. The van der Waals surface area contributed by atoms with Crippen LogP contribution in [0.5, 0.6) is 0 Å². The van der Waals surface area contributed by atoms with E-state index in [9.17, 15) is 0 Å². The molecule has 1 fully saturated rings. The molecule has 0 N–H and O–H groups in total. The first kappa shape index (κ1) is 7.64. The zero-order chi connectivity index (χ0) is 7.56. The Labute approximate surface area is 63.7 Å². The minimum absolute atomic E-state index is 1.21. The molecule has 0 aromatic heterocycles. The van der Waals surface area contributed by atoms with E-state index in [-0.39, 0.29) is 0 Å². The van der Waals surface area contributed by atoms with Crippen molar-refractivity contribution in [2.24, 2.45) is 0 Å². The van der Waals surface area contributed by atoms with Gasteiger partial charge in [0.15, 0.2) is 0 Å². The molecule has 0 bridgehead atoms. The van der Waals surface area contributed by atoms with E-state index in [1.165, 1.54) is 25.8 Å². The molecule has 0 aromatic carbocycles. The summed E-state index contributed by atoms with van der Waals surface area (Å²) in [7, 11) is 2.20. The van der Waals surface area contributed by atoms with E-state index in [0.717, 1.165) is 0 Å². The first-order chi connectivity index (χ1) is 4.75. The lowest BCUT2D eigenvalue weighted by Gasteiger charge is -2.15. The Morgan fingerprint density at radius 3 is 2.70 bits per heavy atom. The van der Waals surface area contributed by atoms with E-state index in [4.69, 9.17) is 0 Å². The van der Waals surface area contributed by atoms with Gasteiger partial charge in [-0.05, 0) is 26.2 Å². The molecular formula is C9H17N. The Morgan fingerprint density at radius 1 is 1.60 bits per heavy atom. The zero-order valence-electron chi connectivity index (χ0n) is 7.28. The standard InChI is InChI=1S/C9H17N/c1-4-8(2)9-6-5-7-10(9)3/h4-7H2,1-3H3/b9-8-. The van der Waals surface area contributed by atoms with Crippen LogP contribution in [0.25, 0.3) is 0 Å². The van der Waals surface area contributed by atoms with E-state index in [2.05, 4.69) is 25.8 Å². The van der Waals surface area contributed by atoms with Crippen molar-refractivity contribution in [2.45, 2.75) is 33.1 Å². The Morgan fingerprint density at radius 2 is 2.30 bits per heavy atom. The molecule has 1 nitrogen and oxygen atoms in total. The van der Waals surface area contributed by atoms with Crippen LogP contribution < -0.4 is 0 Å². The minimum Gasteiger partial charge on any atom is -0.378 e. The molecule has 0 aliphatic carbocycles. The van der Waals surface area contributed by atoms with Crippen LogP contribution in [0.4, 0.5) is 0 Å². The molecule has 0 atom stereocenters. The van der Waals surface area contributed by atoms with Crippen LogP contribution in [0.2, 0.25) is 0 Å². The predicted octanol–water partition coefficient (Wildman–Crippen LogP) is 2.40. The molecule has 1 saturated heterocycles. The molecule has 1 heterocycles. The van der Waals surface area contributed by atoms with Gasteiger partial charge in [-0.2, -0.15) is 0 Å². The second kappa shape index (κ2) is 3.09. The van der Waals surface area contributed by atoms with E-state index in [0.29, 0.717) is 0 Å². The summed E-state index contributed by atoms with van der Waals surface area (Å²) in [6.45, 7) is 5.73. The van der Waals surface area contributed by atoms with Gasteiger partial charge < -0.3 is 4.90 Å². The van der Waals surface area contributed by atoms with E-state index < -0.39 is 0 Å². The van der Waals surface area contributed by atoms with Gasteiger partial charge in [-0.15, -0.1) is 0 Å². The lowest BCUT2D eigenvalue weighted by atomic mass is 10.1. The summed E-state index contributed by atoms with van der Waals surface area (Å²) < 4.78 is 0. The zero-order valence-corrected chi connectivity index (χ0v) is 7.28. The normalized spacial score (nSPS) is 23.7. The van der Waals surface area contributed by atoms with Gasteiger partial charge in [0, 0.05) is 19.3 Å². The second-order valence-corrected chi connectivity index (χ2v) is 3.11. The summed E-state index contributed by atoms with van der Waals surface area (Å²) in [6.07, 6.45) is 3.86. The summed E-state index contributed by atoms with van der Waals surface area (Å²) in [5.74, 6) is 0. The van der Waals surface area contributed by atoms with Crippen molar-refractivity contribution >= 4 is 0 Å². The number of nitrogens with zero attached hydrogens (tertiary/aromatic N) is 1. The molecule has 1 aliphatic rings. The van der Waals surface area contributed by atoms with Crippen molar-refractivity contribution in [1.82, 2.24) is 4.90 Å². The van der Waals surface area contributed by atoms with Crippen LogP contribution in [0.15, 0.2) is 11.3 Å². The number of hydrogen-bond donors (Lipinski definition) is 0. The first-order valence-corrected chi connectivity index (χ1v) is 4.15. The Balaban J connectivity index is 2.69. The molecule has 10 heavy (non-hydrogen) atoms. The van der Waals surface area contributed by atoms with Gasteiger partial charge in [0.2, 0.25) is 0 Å². The lowest BCUT2D eigenvalue weighted by Crippen LogP contribution is -2.11. The van der Waals surface area contributed by atoms with Crippen LogP contribution in [0.1, 0.15) is 33.1 Å². The SMILES string of the molecule is CC/C(C)=C1/CCCN1C. The van der Waals surface area contributed by atoms with Crippen molar-refractivity contribution in [2.75, 3.05) is 13.6 Å². The van der Waals surface area contributed by atoms with Gasteiger partial charge in [0.1, 0.15) is 0 Å². The molecule has 1 rings (SSSR count). The van der Waals surface area contributed by atoms with E-state index in [1.807, 2.05) is 0 Å². The molecule has 0 saturated carbocycles. The summed E-state index contributed by atoms with van der Waals surface area (Å²) in [5.41, 5.74) is 3.16. The van der Waals surface area contributed by atoms with Gasteiger partial charge in [-0.1, -0.05) is 12.5 Å². The van der Waals surface area contributed by atoms with Gasteiger partial charge in [-0.3, -0.25) is 0 Å². The largest absolute Gasteiger partial charge is 0.378 e. The van der Waals surface area contributed by atoms with E-state index in [1.54, 1.807) is 11.3 Å². The number of rotatable bonds is 1. The fourth-order valence-corrected chi connectivity index (χ4v) is 1.55. The third-order valence-corrected chi connectivity index (χ3v) is 2.39. The molecule has 0 amide bonds. The molecule has 0 radical (unpaired) electrons. The van der Waals surface area contributed by atoms with Crippen LogP contribution in [0, 0.1) is 0 Å². The van der Waals surface area contributed by atoms with Crippen molar-refractivity contribution < 1.29 is 0 Å². The maximum absolute atomic E-state index is 2.39. The molecular weight excluding hydrogens is 122 g/mol. The fourth-order valence-electron chi connectivity index (χ4n) is 1.55. The van der Waals surface area contributed by atoms with Crippen LogP contribution in [-0.2, 0) is 0 Å². The van der Waals surface area contributed by atoms with Crippen LogP contribution in [0.3, 0.4) is 0 Å². The molecule has 0 unspecified atom stereocenters. The van der Waals surface area contributed by atoms with Gasteiger partial charge in [0.05, 0.1) is 0 Å². The third kappa shape index (κ3) is 1.34. The van der Waals surface area contributed by atoms with Crippen LogP contribution in [-0.4, -0.2) is 18.5 Å². The molecule has 58 valence electrons. The van der Waals surface area contributed by atoms with Gasteiger partial charge in [0.25, 0.3) is 0 Å². The van der Waals surface area contributed by atoms with Gasteiger partial charge in [-0.25, -0.2) is 0 Å². The fraction of sp³-hybridized carbons (Fsp3) is 0.778. The number of likely N-dealkylation sites (tertiary alicyclic amines) is 1. The smallest absolute Gasteiger partial charge is 0.0175 e. The summed E-state index contributed by atoms with van der Waals surface area (Å²) in [5, 5.41) is 0. The minimum atomic E-state index is 1.21. The highest BCUT2D eigenvalue weighted by atomic mass is 15.1. The quantitative estimate of drug-likeness (QED) is 0.539. The Hall–Kier alpha value is -0.460. The monoisotopic (exact) mass is 139 g/mol. The van der Waals surface area contributed by atoms with Crippen LogP contribution >= 0.6 is 0 Å². The average Bonchev–Trinajstić information content (AvgIpc) is 2.34. The predicted molar refractivity (Wildman–Crippen MR) is 44.9 cm³/mol. The molecule has 0 aromatic rings. The van der Waals surface area contributed by atoms with Gasteiger partial charge >= 0.3 is 0 Å². The average molecular weight is 139 g/mol. The topological polar surface area (TPSA) is 3.24 Å². The van der Waals surface area contributed by atoms with Crippen molar-refractivity contribution in [3.05, 3.63) is 11.3 Å². The lowest BCUT2D eigenvalue weighted by molar-refractivity contribution is 0.474. The van der Waals surface area contributed by atoms with E-state index >= 15 is 0 Å². The maximum Gasteiger partial charge on any atom is 0.0175 e. The highest BCUT2D eigenvalue weighted by Crippen LogP contribution is 2.23. The summed E-state index contributed by atoms with van der Waals surface area (Å²) in [4.78, 5) is 2.39. The second-order valence-electron chi connectivity index (χ2n) is 3.11. The molecule has 1 heteroatoms.